The normalized spacial score (nSPS) is 12.9. The molecule has 1 aliphatic heterocycles. The minimum absolute atomic E-state index is 0.257. The van der Waals surface area contributed by atoms with Gasteiger partial charge in [-0.15, -0.1) is 0 Å². The minimum Gasteiger partial charge on any atom is -0.378 e. The van der Waals surface area contributed by atoms with Crippen LogP contribution < -0.4 is 10.6 Å². The van der Waals surface area contributed by atoms with Crippen molar-refractivity contribution in [2.24, 2.45) is 0 Å². The first-order valence-corrected chi connectivity index (χ1v) is 13.6. The molecule has 5 aromatic rings. The van der Waals surface area contributed by atoms with E-state index in [4.69, 9.17) is 28.9 Å². The number of rotatable bonds is 7. The van der Waals surface area contributed by atoms with E-state index in [9.17, 15) is 4.39 Å². The number of anilines is 1. The summed E-state index contributed by atoms with van der Waals surface area (Å²) in [6, 6.07) is 24.5. The van der Waals surface area contributed by atoms with Gasteiger partial charge in [0.05, 0.1) is 6.54 Å². The summed E-state index contributed by atoms with van der Waals surface area (Å²) in [6.07, 6.45) is 3.03. The van der Waals surface area contributed by atoms with E-state index < -0.39 is 0 Å². The van der Waals surface area contributed by atoms with Crippen LogP contribution in [0.1, 0.15) is 35.5 Å². The average Bonchev–Trinajstić information content (AvgIpc) is 3.34. The summed E-state index contributed by atoms with van der Waals surface area (Å²) in [4.78, 5) is 0.622. The highest BCUT2D eigenvalue weighted by atomic mass is 35.5. The van der Waals surface area contributed by atoms with Crippen LogP contribution in [0, 0.1) is 5.82 Å². The Kier molecular flexibility index (Phi) is 6.87. The van der Waals surface area contributed by atoms with Crippen LogP contribution in [0.5, 0.6) is 0 Å². The summed E-state index contributed by atoms with van der Waals surface area (Å²) < 4.78 is 18.2. The lowest BCUT2D eigenvalue weighted by molar-refractivity contribution is 0.619. The van der Waals surface area contributed by atoms with Gasteiger partial charge in [0.15, 0.2) is 5.82 Å². The zero-order valence-electron chi connectivity index (χ0n) is 20.8. The Morgan fingerprint density at radius 3 is 2.47 bits per heavy atom. The van der Waals surface area contributed by atoms with Crippen molar-refractivity contribution in [3.05, 3.63) is 112 Å². The molecule has 0 saturated carbocycles. The van der Waals surface area contributed by atoms with Gasteiger partial charge in [-0.2, -0.15) is 5.10 Å². The van der Waals surface area contributed by atoms with Gasteiger partial charge < -0.3 is 15.2 Å². The van der Waals surface area contributed by atoms with Crippen LogP contribution in [0.25, 0.3) is 16.8 Å². The number of nitrogens with one attached hydrogen (secondary N) is 2. The van der Waals surface area contributed by atoms with Crippen molar-refractivity contribution in [3.8, 4) is 11.1 Å². The van der Waals surface area contributed by atoms with Crippen molar-refractivity contribution in [2.45, 2.75) is 38.9 Å². The molecule has 0 unspecified atom stereocenters. The van der Waals surface area contributed by atoms with Crippen molar-refractivity contribution in [1.29, 1.82) is 0 Å². The zero-order chi connectivity index (χ0) is 26.1. The Hall–Kier alpha value is -3.68. The lowest BCUT2D eigenvalue weighted by Crippen LogP contribution is -2.24. The molecule has 0 radical (unpaired) electrons. The molecule has 0 spiro atoms. The quantitative estimate of drug-likeness (QED) is 0.217. The fourth-order valence-corrected chi connectivity index (χ4v) is 5.57. The number of thiocarbonyl (C=S) groups is 1. The molecular formula is C30H27ClFN5S. The molecule has 8 heteroatoms. The van der Waals surface area contributed by atoms with E-state index in [1.807, 2.05) is 59.1 Å². The molecule has 0 bridgehead atoms. The van der Waals surface area contributed by atoms with Gasteiger partial charge in [0.2, 0.25) is 0 Å². The molecular weight excluding hydrogens is 517 g/mol. The predicted molar refractivity (Wildman–Crippen MR) is 155 cm³/mol. The Labute approximate surface area is 231 Å². The summed E-state index contributed by atoms with van der Waals surface area (Å²) in [5.74, 6) is 0.684. The zero-order valence-corrected chi connectivity index (χ0v) is 22.3. The third-order valence-electron chi connectivity index (χ3n) is 7.00. The number of hydrogen-bond donors (Lipinski definition) is 2. The van der Waals surface area contributed by atoms with Crippen molar-refractivity contribution in [3.63, 3.8) is 0 Å². The van der Waals surface area contributed by atoms with Crippen molar-refractivity contribution in [2.75, 3.05) is 5.32 Å². The summed E-state index contributed by atoms with van der Waals surface area (Å²) in [6.45, 7) is 2.06. The Morgan fingerprint density at radius 2 is 1.71 bits per heavy atom. The molecule has 2 aromatic heterocycles. The second-order valence-corrected chi connectivity index (χ2v) is 10.3. The topological polar surface area (TPSA) is 46.3 Å². The summed E-state index contributed by atoms with van der Waals surface area (Å²) in [5, 5.41) is 12.7. The molecule has 0 atom stereocenters. The maximum Gasteiger partial charge on any atom is 0.150 e. The van der Waals surface area contributed by atoms with Gasteiger partial charge in [-0.25, -0.2) is 8.91 Å². The molecule has 5 nitrogen and oxygen atoms in total. The van der Waals surface area contributed by atoms with E-state index in [1.54, 1.807) is 0 Å². The van der Waals surface area contributed by atoms with Gasteiger partial charge in [-0.1, -0.05) is 66.3 Å². The maximum atomic E-state index is 13.9. The SMILES string of the molecule is Fc1ccc(-c2c3c4n(c(CNc5ccc(Cl)cc5)nn4c2C(=S)NCc2ccccc2)CCCC3)cc1. The smallest absolute Gasteiger partial charge is 0.150 e. The van der Waals surface area contributed by atoms with Gasteiger partial charge in [0.1, 0.15) is 22.1 Å². The van der Waals surface area contributed by atoms with Gasteiger partial charge in [0.25, 0.3) is 0 Å². The summed E-state index contributed by atoms with van der Waals surface area (Å²) in [7, 11) is 0. The number of aromatic nitrogens is 3. The van der Waals surface area contributed by atoms with Gasteiger partial charge in [-0.05, 0) is 66.8 Å². The van der Waals surface area contributed by atoms with Crippen molar-refractivity contribution < 1.29 is 4.39 Å². The molecule has 3 aromatic carbocycles. The molecule has 0 aliphatic carbocycles. The minimum atomic E-state index is -0.257. The van der Waals surface area contributed by atoms with E-state index in [-0.39, 0.29) is 5.82 Å². The second-order valence-electron chi connectivity index (χ2n) is 9.50. The number of hydrogen-bond acceptors (Lipinski definition) is 3. The first kappa shape index (κ1) is 24.6. The van der Waals surface area contributed by atoms with E-state index in [0.717, 1.165) is 65.4 Å². The van der Waals surface area contributed by atoms with Crippen LogP contribution in [0.15, 0.2) is 78.9 Å². The molecule has 0 fully saturated rings. The number of benzene rings is 3. The average molecular weight is 544 g/mol. The van der Waals surface area contributed by atoms with E-state index in [0.29, 0.717) is 23.1 Å². The monoisotopic (exact) mass is 543 g/mol. The lowest BCUT2D eigenvalue weighted by Gasteiger charge is -2.12. The summed E-state index contributed by atoms with van der Waals surface area (Å²) in [5.41, 5.74) is 7.22. The maximum absolute atomic E-state index is 13.9. The van der Waals surface area contributed by atoms with Crippen LogP contribution in [-0.2, 0) is 26.1 Å². The highest BCUT2D eigenvalue weighted by Crippen LogP contribution is 2.37. The van der Waals surface area contributed by atoms with E-state index in [2.05, 4.69) is 27.3 Å². The number of halogens is 2. The lowest BCUT2D eigenvalue weighted by atomic mass is 9.98. The van der Waals surface area contributed by atoms with Gasteiger partial charge >= 0.3 is 0 Å². The highest BCUT2D eigenvalue weighted by Gasteiger charge is 2.29. The van der Waals surface area contributed by atoms with Gasteiger partial charge in [-0.3, -0.25) is 0 Å². The third-order valence-corrected chi connectivity index (χ3v) is 7.59. The largest absolute Gasteiger partial charge is 0.378 e. The Bertz CT molecular complexity index is 1590. The molecule has 3 heterocycles. The first-order valence-electron chi connectivity index (χ1n) is 12.8. The van der Waals surface area contributed by atoms with Crippen LogP contribution in [0.4, 0.5) is 10.1 Å². The first-order chi connectivity index (χ1) is 18.6. The van der Waals surface area contributed by atoms with Crippen molar-refractivity contribution >= 4 is 40.1 Å². The van der Waals surface area contributed by atoms with E-state index >= 15 is 0 Å². The molecule has 38 heavy (non-hydrogen) atoms. The molecule has 6 rings (SSSR count). The molecule has 0 amide bonds. The van der Waals surface area contributed by atoms with Crippen LogP contribution in [0.3, 0.4) is 0 Å². The van der Waals surface area contributed by atoms with E-state index in [1.165, 1.54) is 17.7 Å². The fraction of sp³-hybridized carbons (Fsp3) is 0.200. The second kappa shape index (κ2) is 10.6. The van der Waals surface area contributed by atoms with Crippen molar-refractivity contribution in [1.82, 2.24) is 19.5 Å². The van der Waals surface area contributed by atoms with Crippen LogP contribution >= 0.6 is 23.8 Å². The predicted octanol–water partition coefficient (Wildman–Crippen LogP) is 7.01. The molecule has 2 N–H and O–H groups in total. The van der Waals surface area contributed by atoms with Gasteiger partial charge in [0, 0.05) is 34.9 Å². The number of nitrogens with zero attached hydrogens (tertiary/aromatic N) is 3. The molecule has 1 aliphatic rings. The Balaban J connectivity index is 1.44. The van der Waals surface area contributed by atoms with Crippen LogP contribution in [-0.4, -0.2) is 19.2 Å². The number of aryl methyl sites for hydroxylation is 2. The third kappa shape index (κ3) is 4.79. The standard InChI is InChI=1S/C30H27ClFN5S/c31-22-11-15-24(16-12-22)33-19-26-35-37-28(29(38)34-18-20-6-2-1-3-7-20)27(21-9-13-23(32)14-10-21)25-8-4-5-17-36(26)30(25)37/h1-3,6-7,9-16,33H,4-5,8,17-19H2,(H,34,38). The molecule has 0 saturated heterocycles. The van der Waals surface area contributed by atoms with Crippen LogP contribution in [0.2, 0.25) is 5.02 Å². The fourth-order valence-electron chi connectivity index (χ4n) is 5.18. The highest BCUT2D eigenvalue weighted by molar-refractivity contribution is 7.80. The Morgan fingerprint density at radius 1 is 0.947 bits per heavy atom. The molecule has 192 valence electrons. The summed E-state index contributed by atoms with van der Waals surface area (Å²) >= 11 is 12.1.